The molecule has 162 valence electrons. The van der Waals surface area contributed by atoms with Gasteiger partial charge >= 0.3 is 5.63 Å². The molecule has 0 radical (unpaired) electrons. The third-order valence-corrected chi connectivity index (χ3v) is 5.28. The first-order valence-corrected chi connectivity index (χ1v) is 10.0. The summed E-state index contributed by atoms with van der Waals surface area (Å²) in [6.07, 6.45) is 0. The lowest BCUT2D eigenvalue weighted by Gasteiger charge is -2.13. The van der Waals surface area contributed by atoms with E-state index in [1.165, 1.54) is 0 Å². The van der Waals surface area contributed by atoms with Crippen molar-refractivity contribution in [3.05, 3.63) is 88.3 Å². The van der Waals surface area contributed by atoms with Crippen LogP contribution in [-0.4, -0.2) is 26.6 Å². The number of methoxy groups -OCH3 is 2. The zero-order valence-corrected chi connectivity index (χ0v) is 18.0. The average Bonchev–Trinajstić information content (AvgIpc) is 2.83. The number of Topliss-reactive ketones (excluding diaryl/α,β-unsaturated/α-hetero) is 1. The van der Waals surface area contributed by atoms with Gasteiger partial charge in [-0.25, -0.2) is 4.79 Å². The van der Waals surface area contributed by atoms with Crippen LogP contribution in [0.3, 0.4) is 0 Å². The predicted octanol–water partition coefficient (Wildman–Crippen LogP) is 5.05. The van der Waals surface area contributed by atoms with Gasteiger partial charge in [0.1, 0.15) is 22.8 Å². The van der Waals surface area contributed by atoms with Crippen LogP contribution in [0.15, 0.2) is 75.9 Å². The van der Waals surface area contributed by atoms with E-state index in [-0.39, 0.29) is 12.4 Å². The van der Waals surface area contributed by atoms with Crippen molar-refractivity contribution < 1.29 is 23.4 Å². The first-order chi connectivity index (χ1) is 15.5. The molecule has 0 spiro atoms. The van der Waals surface area contributed by atoms with E-state index in [1.54, 1.807) is 62.8 Å². The predicted molar refractivity (Wildman–Crippen MR) is 122 cm³/mol. The third kappa shape index (κ3) is 4.07. The smallest absolute Gasteiger partial charge is 0.344 e. The summed E-state index contributed by atoms with van der Waals surface area (Å²) < 4.78 is 22.1. The van der Waals surface area contributed by atoms with Crippen molar-refractivity contribution in [2.45, 2.75) is 6.92 Å². The van der Waals surface area contributed by atoms with Crippen LogP contribution in [0.4, 0.5) is 0 Å². The Morgan fingerprint density at radius 3 is 2.38 bits per heavy atom. The number of hydrogen-bond acceptors (Lipinski definition) is 6. The Morgan fingerprint density at radius 2 is 1.66 bits per heavy atom. The molecular weight excluding hydrogens is 408 g/mol. The lowest BCUT2D eigenvalue weighted by atomic mass is 9.98. The van der Waals surface area contributed by atoms with Crippen molar-refractivity contribution in [3.63, 3.8) is 0 Å². The quantitative estimate of drug-likeness (QED) is 0.302. The van der Waals surface area contributed by atoms with E-state index in [4.69, 9.17) is 18.6 Å². The molecule has 0 saturated heterocycles. The maximum atomic E-state index is 12.8. The molecule has 0 aliphatic rings. The van der Waals surface area contributed by atoms with Gasteiger partial charge < -0.3 is 18.6 Å². The van der Waals surface area contributed by atoms with Crippen LogP contribution >= 0.6 is 0 Å². The van der Waals surface area contributed by atoms with Crippen molar-refractivity contribution in [2.75, 3.05) is 20.8 Å². The molecule has 1 aromatic heterocycles. The van der Waals surface area contributed by atoms with Gasteiger partial charge in [0, 0.05) is 16.5 Å². The molecule has 0 amide bonds. The summed E-state index contributed by atoms with van der Waals surface area (Å²) in [4.78, 5) is 25.2. The van der Waals surface area contributed by atoms with Gasteiger partial charge in [0.15, 0.2) is 12.4 Å². The second kappa shape index (κ2) is 8.98. The Kier molecular flexibility index (Phi) is 5.94. The van der Waals surface area contributed by atoms with Crippen molar-refractivity contribution in [1.29, 1.82) is 0 Å². The maximum Gasteiger partial charge on any atom is 0.344 e. The highest BCUT2D eigenvalue weighted by Crippen LogP contribution is 2.36. The van der Waals surface area contributed by atoms with Crippen molar-refractivity contribution >= 4 is 16.8 Å². The fourth-order valence-electron chi connectivity index (χ4n) is 3.60. The third-order valence-electron chi connectivity index (χ3n) is 5.28. The zero-order chi connectivity index (χ0) is 22.7. The van der Waals surface area contributed by atoms with Crippen LogP contribution in [0.2, 0.25) is 0 Å². The summed E-state index contributed by atoms with van der Waals surface area (Å²) in [6.45, 7) is 1.74. The topological polar surface area (TPSA) is 75.0 Å². The number of fused-ring (bicyclic) bond motifs is 1. The number of benzene rings is 3. The molecule has 4 aromatic rings. The second-order valence-electron chi connectivity index (χ2n) is 7.19. The lowest BCUT2D eigenvalue weighted by molar-refractivity contribution is 0.0921. The summed E-state index contributed by atoms with van der Waals surface area (Å²) in [7, 11) is 3.10. The molecule has 32 heavy (non-hydrogen) atoms. The molecule has 0 N–H and O–H groups in total. The molecular formula is C26H22O6. The van der Waals surface area contributed by atoms with E-state index >= 15 is 0 Å². The van der Waals surface area contributed by atoms with Crippen molar-refractivity contribution in [2.24, 2.45) is 0 Å². The van der Waals surface area contributed by atoms with Crippen LogP contribution in [-0.2, 0) is 0 Å². The Morgan fingerprint density at radius 1 is 0.906 bits per heavy atom. The monoisotopic (exact) mass is 430 g/mol. The highest BCUT2D eigenvalue weighted by Gasteiger charge is 2.18. The van der Waals surface area contributed by atoms with Gasteiger partial charge in [-0.2, -0.15) is 0 Å². The van der Waals surface area contributed by atoms with Crippen molar-refractivity contribution in [1.82, 2.24) is 0 Å². The van der Waals surface area contributed by atoms with Gasteiger partial charge in [0.05, 0.1) is 19.8 Å². The molecule has 0 fully saturated rings. The van der Waals surface area contributed by atoms with Crippen LogP contribution in [0, 0.1) is 6.92 Å². The van der Waals surface area contributed by atoms with Gasteiger partial charge in [-0.3, -0.25) is 4.79 Å². The Labute approximate surface area is 185 Å². The second-order valence-corrected chi connectivity index (χ2v) is 7.19. The molecule has 0 aliphatic heterocycles. The van der Waals surface area contributed by atoms with Gasteiger partial charge in [0.25, 0.3) is 0 Å². The van der Waals surface area contributed by atoms with Gasteiger partial charge in [-0.1, -0.05) is 30.3 Å². The fourth-order valence-corrected chi connectivity index (χ4v) is 3.60. The van der Waals surface area contributed by atoms with Crippen LogP contribution < -0.4 is 19.8 Å². The lowest BCUT2D eigenvalue weighted by Crippen LogP contribution is -2.11. The molecule has 0 unspecified atom stereocenters. The average molecular weight is 430 g/mol. The SMILES string of the molecule is COc1ccc(OC)c(-c2c(C)c3cc(OCC(=O)c4ccccc4)ccc3oc2=O)c1. The minimum atomic E-state index is -0.477. The number of carbonyl (C=O) groups is 1. The number of ketones is 1. The summed E-state index contributed by atoms with van der Waals surface area (Å²) in [5, 5.41) is 0.703. The van der Waals surface area contributed by atoms with E-state index in [9.17, 15) is 9.59 Å². The fraction of sp³-hybridized carbons (Fsp3) is 0.154. The normalized spacial score (nSPS) is 10.7. The zero-order valence-electron chi connectivity index (χ0n) is 18.0. The van der Waals surface area contributed by atoms with Gasteiger partial charge in [-0.15, -0.1) is 0 Å². The minimum absolute atomic E-state index is 0.0953. The molecule has 0 aliphatic carbocycles. The summed E-state index contributed by atoms with van der Waals surface area (Å²) in [6, 6.07) is 19.3. The van der Waals surface area contributed by atoms with Crippen molar-refractivity contribution in [3.8, 4) is 28.4 Å². The minimum Gasteiger partial charge on any atom is -0.497 e. The Bertz CT molecular complexity index is 1340. The number of ether oxygens (including phenoxy) is 3. The van der Waals surface area contributed by atoms with E-state index in [0.29, 0.717) is 50.5 Å². The Balaban J connectivity index is 1.73. The number of carbonyl (C=O) groups excluding carboxylic acids is 1. The molecule has 3 aromatic carbocycles. The van der Waals surface area contributed by atoms with Gasteiger partial charge in [-0.05, 0) is 48.9 Å². The number of hydrogen-bond donors (Lipinski definition) is 0. The van der Waals surface area contributed by atoms with Crippen LogP contribution in [0.25, 0.3) is 22.1 Å². The molecule has 6 heteroatoms. The van der Waals surface area contributed by atoms with E-state index < -0.39 is 5.63 Å². The summed E-state index contributed by atoms with van der Waals surface area (Å²) in [5.41, 5.74) is 2.20. The maximum absolute atomic E-state index is 12.8. The van der Waals surface area contributed by atoms with Gasteiger partial charge in [0.2, 0.25) is 0 Å². The molecule has 0 atom stereocenters. The summed E-state index contributed by atoms with van der Waals surface area (Å²) in [5.74, 6) is 1.50. The number of aryl methyl sites for hydroxylation is 1. The molecule has 1 heterocycles. The van der Waals surface area contributed by atoms with E-state index in [0.717, 1.165) is 0 Å². The first kappa shape index (κ1) is 21.2. The van der Waals surface area contributed by atoms with E-state index in [1.807, 2.05) is 25.1 Å². The molecule has 4 rings (SSSR count). The standard InChI is InChI=1S/C26H22O6/c1-16-20-14-19(31-15-22(27)17-7-5-4-6-8-17)10-12-24(20)32-26(28)25(16)21-13-18(29-2)9-11-23(21)30-3/h4-14H,15H2,1-3H3. The van der Waals surface area contributed by atoms with Crippen LogP contribution in [0.5, 0.6) is 17.2 Å². The Hall–Kier alpha value is -4.06. The largest absolute Gasteiger partial charge is 0.497 e. The first-order valence-electron chi connectivity index (χ1n) is 10.0. The molecule has 0 saturated carbocycles. The molecule has 6 nitrogen and oxygen atoms in total. The molecule has 0 bridgehead atoms. The van der Waals surface area contributed by atoms with E-state index in [2.05, 4.69) is 0 Å². The highest BCUT2D eigenvalue weighted by atomic mass is 16.5. The number of rotatable bonds is 7. The summed E-state index contributed by atoms with van der Waals surface area (Å²) >= 11 is 0. The highest BCUT2D eigenvalue weighted by molar-refractivity contribution is 5.97. The van der Waals surface area contributed by atoms with Crippen LogP contribution in [0.1, 0.15) is 15.9 Å².